The number of amides is 3. The molecule has 0 spiro atoms. The van der Waals surface area contributed by atoms with Crippen LogP contribution in [0.3, 0.4) is 0 Å². The summed E-state index contributed by atoms with van der Waals surface area (Å²) in [4.78, 5) is 22.6. The van der Waals surface area contributed by atoms with Crippen molar-refractivity contribution in [3.05, 3.63) is 28.8 Å². The van der Waals surface area contributed by atoms with Crippen LogP contribution in [0.2, 0.25) is 5.02 Å². The lowest BCUT2D eigenvalue weighted by atomic mass is 10.1. The zero-order chi connectivity index (χ0) is 16.9. The number of anilines is 1. The molecule has 0 radical (unpaired) electrons. The van der Waals surface area contributed by atoms with E-state index in [9.17, 15) is 9.59 Å². The van der Waals surface area contributed by atoms with Gasteiger partial charge in [0.2, 0.25) is 0 Å². The van der Waals surface area contributed by atoms with Gasteiger partial charge in [0.25, 0.3) is 0 Å². The summed E-state index contributed by atoms with van der Waals surface area (Å²) in [6.45, 7) is 5.80. The lowest BCUT2D eigenvalue weighted by molar-refractivity contribution is 0.0528. The van der Waals surface area contributed by atoms with Crippen molar-refractivity contribution in [2.45, 2.75) is 32.8 Å². The maximum atomic E-state index is 11.5. The third-order valence-electron chi connectivity index (χ3n) is 2.53. The molecule has 0 saturated carbocycles. The number of urea groups is 1. The standard InChI is InChI=1S/C14H20ClN3O3S/c1-14(2,3)21-13(20)17-7-6-9-4-5-11(10(15)8-9)18(22)12(16)19/h4-5,8,22H,6-7H2,1-3H3,(H2,16,19)(H,17,20). The fourth-order valence-corrected chi connectivity index (χ4v) is 2.14. The number of primary amides is 1. The molecule has 0 unspecified atom stereocenters. The van der Waals surface area contributed by atoms with E-state index in [2.05, 4.69) is 18.1 Å². The van der Waals surface area contributed by atoms with Crippen molar-refractivity contribution >= 4 is 42.2 Å². The van der Waals surface area contributed by atoms with Crippen LogP contribution in [0.4, 0.5) is 15.3 Å². The smallest absolute Gasteiger partial charge is 0.407 e. The lowest BCUT2D eigenvalue weighted by Gasteiger charge is -2.19. The minimum absolute atomic E-state index is 0.351. The molecule has 0 fully saturated rings. The third-order valence-corrected chi connectivity index (χ3v) is 3.25. The maximum absolute atomic E-state index is 11.5. The largest absolute Gasteiger partial charge is 0.444 e. The molecule has 3 amide bonds. The van der Waals surface area contributed by atoms with Gasteiger partial charge in [0.05, 0.1) is 10.7 Å². The summed E-state index contributed by atoms with van der Waals surface area (Å²) in [6, 6.07) is 4.40. The van der Waals surface area contributed by atoms with E-state index >= 15 is 0 Å². The average molecular weight is 346 g/mol. The van der Waals surface area contributed by atoms with Crippen molar-refractivity contribution in [3.63, 3.8) is 0 Å². The molecule has 1 aromatic rings. The first-order valence-corrected chi connectivity index (χ1v) is 7.41. The van der Waals surface area contributed by atoms with Crippen LogP contribution in [0.1, 0.15) is 26.3 Å². The van der Waals surface area contributed by atoms with Gasteiger partial charge in [-0.05, 0) is 44.9 Å². The highest BCUT2D eigenvalue weighted by molar-refractivity contribution is 7.82. The zero-order valence-corrected chi connectivity index (χ0v) is 14.4. The van der Waals surface area contributed by atoms with Crippen molar-refractivity contribution in [3.8, 4) is 0 Å². The number of ether oxygens (including phenoxy) is 1. The van der Waals surface area contributed by atoms with Crippen molar-refractivity contribution in [2.75, 3.05) is 10.8 Å². The second-order valence-corrected chi connectivity index (χ2v) is 6.42. The first-order chi connectivity index (χ1) is 10.1. The lowest BCUT2D eigenvalue weighted by Crippen LogP contribution is -2.33. The molecule has 0 aliphatic carbocycles. The van der Waals surface area contributed by atoms with Crippen molar-refractivity contribution in [1.82, 2.24) is 5.32 Å². The zero-order valence-electron chi connectivity index (χ0n) is 12.7. The van der Waals surface area contributed by atoms with E-state index in [1.54, 1.807) is 39.0 Å². The van der Waals surface area contributed by atoms with E-state index in [4.69, 9.17) is 22.1 Å². The Kier molecular flexibility index (Phi) is 6.37. The first kappa shape index (κ1) is 18.4. The summed E-state index contributed by atoms with van der Waals surface area (Å²) in [5.41, 5.74) is 5.90. The van der Waals surface area contributed by atoms with Crippen LogP contribution < -0.4 is 15.4 Å². The summed E-state index contributed by atoms with van der Waals surface area (Å²) in [5.74, 6) is 0. The number of alkyl carbamates (subject to hydrolysis) is 1. The second-order valence-electron chi connectivity index (χ2n) is 5.61. The van der Waals surface area contributed by atoms with E-state index in [1.165, 1.54) is 0 Å². The molecular formula is C14H20ClN3O3S. The Morgan fingerprint density at radius 3 is 2.55 bits per heavy atom. The molecule has 0 saturated heterocycles. The highest BCUT2D eigenvalue weighted by Crippen LogP contribution is 2.28. The quantitative estimate of drug-likeness (QED) is 0.733. The number of hydrogen-bond acceptors (Lipinski definition) is 4. The molecule has 1 rings (SSSR count). The van der Waals surface area contributed by atoms with Gasteiger partial charge in [0.1, 0.15) is 5.60 Å². The third kappa shape index (κ3) is 6.03. The van der Waals surface area contributed by atoms with E-state index in [-0.39, 0.29) is 0 Å². The number of hydrogen-bond donors (Lipinski definition) is 3. The summed E-state index contributed by atoms with van der Waals surface area (Å²) >= 11 is 10.0. The van der Waals surface area contributed by atoms with Gasteiger partial charge in [-0.3, -0.25) is 0 Å². The van der Waals surface area contributed by atoms with E-state index in [1.807, 2.05) is 0 Å². The Morgan fingerprint density at radius 1 is 1.41 bits per heavy atom. The molecule has 8 heteroatoms. The van der Waals surface area contributed by atoms with Crippen molar-refractivity contribution in [2.24, 2.45) is 5.73 Å². The van der Waals surface area contributed by atoms with Crippen molar-refractivity contribution in [1.29, 1.82) is 0 Å². The minimum atomic E-state index is -0.718. The topological polar surface area (TPSA) is 84.7 Å². The highest BCUT2D eigenvalue weighted by atomic mass is 35.5. The molecule has 0 aliphatic rings. The normalized spacial score (nSPS) is 11.0. The molecule has 122 valence electrons. The molecule has 0 heterocycles. The molecule has 1 aromatic carbocycles. The number of benzene rings is 1. The Hall–Kier alpha value is -1.60. The predicted molar refractivity (Wildman–Crippen MR) is 90.4 cm³/mol. The number of carbonyl (C=O) groups is 2. The predicted octanol–water partition coefficient (Wildman–Crippen LogP) is 3.14. The second kappa shape index (κ2) is 7.60. The van der Waals surface area contributed by atoms with Crippen LogP contribution in [0.15, 0.2) is 18.2 Å². The number of nitrogens with one attached hydrogen (secondary N) is 1. The summed E-state index contributed by atoms with van der Waals surface area (Å²) in [5, 5.41) is 3.01. The van der Waals surface area contributed by atoms with Crippen LogP contribution in [-0.4, -0.2) is 24.3 Å². The monoisotopic (exact) mass is 345 g/mol. The maximum Gasteiger partial charge on any atom is 0.407 e. The Balaban J connectivity index is 2.56. The molecule has 0 aromatic heterocycles. The van der Waals surface area contributed by atoms with E-state index in [0.29, 0.717) is 23.7 Å². The molecular weight excluding hydrogens is 326 g/mol. The van der Waals surface area contributed by atoms with Gasteiger partial charge in [-0.15, -0.1) is 0 Å². The van der Waals surface area contributed by atoms with Gasteiger partial charge < -0.3 is 15.8 Å². The molecule has 0 bridgehead atoms. The molecule has 0 aliphatic heterocycles. The van der Waals surface area contributed by atoms with Crippen LogP contribution in [0, 0.1) is 0 Å². The minimum Gasteiger partial charge on any atom is -0.444 e. The van der Waals surface area contributed by atoms with Crippen molar-refractivity contribution < 1.29 is 14.3 Å². The van der Waals surface area contributed by atoms with Gasteiger partial charge in [-0.2, -0.15) is 0 Å². The van der Waals surface area contributed by atoms with Gasteiger partial charge in [0.15, 0.2) is 0 Å². The molecule has 6 nitrogen and oxygen atoms in total. The summed E-state index contributed by atoms with van der Waals surface area (Å²) < 4.78 is 6.10. The number of thiol groups is 1. The average Bonchev–Trinajstić information content (AvgIpc) is 2.35. The highest BCUT2D eigenvalue weighted by Gasteiger charge is 2.16. The van der Waals surface area contributed by atoms with Gasteiger partial charge in [-0.25, -0.2) is 13.9 Å². The van der Waals surface area contributed by atoms with Gasteiger partial charge in [0, 0.05) is 6.54 Å². The SMILES string of the molecule is CC(C)(C)OC(=O)NCCc1ccc(N(S)C(N)=O)c(Cl)c1. The number of carbonyl (C=O) groups excluding carboxylic acids is 2. The molecule has 0 atom stereocenters. The Bertz CT molecular complexity index is 561. The Morgan fingerprint density at radius 2 is 2.05 bits per heavy atom. The van der Waals surface area contributed by atoms with Gasteiger partial charge in [-0.1, -0.05) is 30.5 Å². The summed E-state index contributed by atoms with van der Waals surface area (Å²) in [6.07, 6.45) is 0.105. The molecule has 22 heavy (non-hydrogen) atoms. The first-order valence-electron chi connectivity index (χ1n) is 6.64. The van der Waals surface area contributed by atoms with E-state index < -0.39 is 17.7 Å². The summed E-state index contributed by atoms with van der Waals surface area (Å²) in [7, 11) is 0. The fourth-order valence-electron chi connectivity index (χ4n) is 1.62. The van der Waals surface area contributed by atoms with Gasteiger partial charge >= 0.3 is 12.1 Å². The van der Waals surface area contributed by atoms with Crippen LogP contribution >= 0.6 is 24.4 Å². The van der Waals surface area contributed by atoms with Crippen LogP contribution in [0.5, 0.6) is 0 Å². The van der Waals surface area contributed by atoms with E-state index in [0.717, 1.165) is 9.87 Å². The fraction of sp³-hybridized carbons (Fsp3) is 0.429. The number of nitrogens with zero attached hydrogens (tertiary/aromatic N) is 1. The Labute approximate surface area is 140 Å². The number of nitrogens with two attached hydrogens (primary N) is 1. The molecule has 3 N–H and O–H groups in total. The van der Waals surface area contributed by atoms with Crippen LogP contribution in [0.25, 0.3) is 0 Å². The number of halogens is 1. The van der Waals surface area contributed by atoms with Crippen LogP contribution in [-0.2, 0) is 11.2 Å². The number of rotatable bonds is 4.